The summed E-state index contributed by atoms with van der Waals surface area (Å²) in [7, 11) is 0. The lowest BCUT2D eigenvalue weighted by atomic mass is 10.1. The molecule has 0 saturated heterocycles. The number of hydrogen-bond donors (Lipinski definition) is 1. The Balaban J connectivity index is 1.94. The summed E-state index contributed by atoms with van der Waals surface area (Å²) in [6.45, 7) is 2.37. The third-order valence-corrected chi connectivity index (χ3v) is 3.58. The first-order valence-corrected chi connectivity index (χ1v) is 7.72. The molecule has 6 heteroatoms. The van der Waals surface area contributed by atoms with Crippen molar-refractivity contribution >= 4 is 34.2 Å². The van der Waals surface area contributed by atoms with Crippen LogP contribution < -0.4 is 15.7 Å². The van der Waals surface area contributed by atoms with E-state index in [1.165, 1.54) is 6.07 Å². The zero-order valence-corrected chi connectivity index (χ0v) is 13.6. The lowest BCUT2D eigenvalue weighted by Gasteiger charge is -2.07. The topological polar surface area (TPSA) is 68.5 Å². The fraction of sp³-hybridized carbons (Fsp3) is 0.111. The van der Waals surface area contributed by atoms with E-state index in [9.17, 15) is 9.59 Å². The maximum absolute atomic E-state index is 12.3. The number of fused-ring (bicyclic) bond motifs is 1. The van der Waals surface area contributed by atoms with Crippen molar-refractivity contribution in [2.75, 3.05) is 11.9 Å². The van der Waals surface area contributed by atoms with Gasteiger partial charge in [-0.25, -0.2) is 4.79 Å². The molecule has 0 aliphatic rings. The van der Waals surface area contributed by atoms with Gasteiger partial charge in [-0.3, -0.25) is 4.79 Å². The molecule has 0 radical (unpaired) electrons. The predicted octanol–water partition coefficient (Wildman–Crippen LogP) is 4.10. The third kappa shape index (κ3) is 3.41. The van der Waals surface area contributed by atoms with Gasteiger partial charge in [-0.15, -0.1) is 0 Å². The highest BCUT2D eigenvalue weighted by atomic mass is 35.5. The van der Waals surface area contributed by atoms with Gasteiger partial charge in [-0.05, 0) is 43.3 Å². The van der Waals surface area contributed by atoms with Crippen molar-refractivity contribution in [3.8, 4) is 5.75 Å². The number of anilines is 1. The molecular formula is C18H14ClNO4. The maximum Gasteiger partial charge on any atom is 0.349 e. The lowest BCUT2D eigenvalue weighted by Crippen LogP contribution is -2.20. The maximum atomic E-state index is 12.3. The average Bonchev–Trinajstić information content (AvgIpc) is 2.54. The quantitative estimate of drug-likeness (QED) is 0.724. The van der Waals surface area contributed by atoms with E-state index >= 15 is 0 Å². The minimum Gasteiger partial charge on any atom is -0.494 e. The molecule has 3 aromatic rings. The zero-order valence-electron chi connectivity index (χ0n) is 12.8. The molecule has 3 rings (SSSR count). The largest absolute Gasteiger partial charge is 0.494 e. The summed E-state index contributed by atoms with van der Waals surface area (Å²) in [5, 5.41) is 3.75. The van der Waals surface area contributed by atoms with Crippen molar-refractivity contribution in [3.05, 3.63) is 69.5 Å². The van der Waals surface area contributed by atoms with E-state index in [0.717, 1.165) is 0 Å². The molecule has 1 heterocycles. The molecule has 2 aromatic carbocycles. The van der Waals surface area contributed by atoms with Crippen LogP contribution in [-0.4, -0.2) is 12.5 Å². The highest BCUT2D eigenvalue weighted by Gasteiger charge is 2.14. The fourth-order valence-corrected chi connectivity index (χ4v) is 2.46. The van der Waals surface area contributed by atoms with Gasteiger partial charge in [0, 0.05) is 22.2 Å². The van der Waals surface area contributed by atoms with Gasteiger partial charge in [-0.1, -0.05) is 17.7 Å². The van der Waals surface area contributed by atoms with Crippen molar-refractivity contribution < 1.29 is 13.9 Å². The number of carbonyl (C=O) groups is 1. The van der Waals surface area contributed by atoms with Gasteiger partial charge < -0.3 is 14.5 Å². The molecule has 0 saturated carbocycles. The Bertz CT molecular complexity index is 965. The van der Waals surface area contributed by atoms with E-state index in [1.54, 1.807) is 42.5 Å². The van der Waals surface area contributed by atoms with Gasteiger partial charge in [0.1, 0.15) is 16.9 Å². The Hall–Kier alpha value is -2.79. The van der Waals surface area contributed by atoms with Crippen LogP contribution in [-0.2, 0) is 0 Å². The molecule has 1 N–H and O–H groups in total. The van der Waals surface area contributed by atoms with E-state index < -0.39 is 11.5 Å². The standard InChI is InChI=1S/C18H14ClNO4/c1-2-23-14-7-6-11-8-15(18(22)24-16(11)10-14)17(21)20-13-5-3-4-12(19)9-13/h3-10H,2H2,1H3,(H,20,21). The number of nitrogens with one attached hydrogen (secondary N) is 1. The first-order valence-electron chi connectivity index (χ1n) is 7.34. The van der Waals surface area contributed by atoms with Crippen LogP contribution in [0.2, 0.25) is 5.02 Å². The first kappa shape index (κ1) is 16.1. The molecule has 0 atom stereocenters. The van der Waals surface area contributed by atoms with Gasteiger partial charge in [0.15, 0.2) is 0 Å². The summed E-state index contributed by atoms with van der Waals surface area (Å²) in [6, 6.07) is 13.3. The van der Waals surface area contributed by atoms with Gasteiger partial charge in [0.2, 0.25) is 0 Å². The van der Waals surface area contributed by atoms with Crippen LogP contribution in [0.25, 0.3) is 11.0 Å². The van der Waals surface area contributed by atoms with Crippen molar-refractivity contribution in [2.24, 2.45) is 0 Å². The van der Waals surface area contributed by atoms with Crippen molar-refractivity contribution in [3.63, 3.8) is 0 Å². The third-order valence-electron chi connectivity index (χ3n) is 3.35. The SMILES string of the molecule is CCOc1ccc2cc(C(=O)Nc3cccc(Cl)c3)c(=O)oc2c1. The number of carbonyl (C=O) groups excluding carboxylic acids is 1. The minimum absolute atomic E-state index is 0.0772. The molecule has 5 nitrogen and oxygen atoms in total. The molecule has 0 fully saturated rings. The molecule has 1 aromatic heterocycles. The number of halogens is 1. The molecule has 122 valence electrons. The van der Waals surface area contributed by atoms with E-state index in [0.29, 0.717) is 34.0 Å². The van der Waals surface area contributed by atoms with E-state index in [4.69, 9.17) is 20.8 Å². The van der Waals surface area contributed by atoms with Crippen molar-refractivity contribution in [1.82, 2.24) is 0 Å². The number of amides is 1. The lowest BCUT2D eigenvalue weighted by molar-refractivity contribution is 0.102. The normalized spacial score (nSPS) is 10.6. The number of benzene rings is 2. The second-order valence-electron chi connectivity index (χ2n) is 5.04. The molecule has 0 spiro atoms. The molecule has 0 aliphatic carbocycles. The van der Waals surface area contributed by atoms with Crippen molar-refractivity contribution in [2.45, 2.75) is 6.92 Å². The number of rotatable bonds is 4. The smallest absolute Gasteiger partial charge is 0.349 e. The highest BCUT2D eigenvalue weighted by molar-refractivity contribution is 6.31. The Labute approximate surface area is 142 Å². The minimum atomic E-state index is -0.712. The molecular weight excluding hydrogens is 330 g/mol. The summed E-state index contributed by atoms with van der Waals surface area (Å²) >= 11 is 5.88. The number of ether oxygens (including phenoxy) is 1. The number of hydrogen-bond acceptors (Lipinski definition) is 4. The Morgan fingerprint density at radius 3 is 2.79 bits per heavy atom. The van der Waals surface area contributed by atoms with Crippen molar-refractivity contribution in [1.29, 1.82) is 0 Å². The summed E-state index contributed by atoms with van der Waals surface area (Å²) in [6.07, 6.45) is 0. The van der Waals surface area contributed by atoms with Crippen LogP contribution >= 0.6 is 11.6 Å². The predicted molar refractivity (Wildman–Crippen MR) is 93.1 cm³/mol. The van der Waals surface area contributed by atoms with Crippen LogP contribution in [0.5, 0.6) is 5.75 Å². The Morgan fingerprint density at radius 2 is 2.04 bits per heavy atom. The average molecular weight is 344 g/mol. The summed E-state index contributed by atoms with van der Waals surface area (Å²) in [5.41, 5.74) is 0.0752. The van der Waals surface area contributed by atoms with Crippen LogP contribution in [0.4, 0.5) is 5.69 Å². The second kappa shape index (κ2) is 6.76. The van der Waals surface area contributed by atoms with Gasteiger partial charge in [0.05, 0.1) is 6.61 Å². The Morgan fingerprint density at radius 1 is 1.21 bits per heavy atom. The second-order valence-corrected chi connectivity index (χ2v) is 5.48. The van der Waals surface area contributed by atoms with Crippen LogP contribution in [0.3, 0.4) is 0 Å². The van der Waals surface area contributed by atoms with Gasteiger partial charge in [0.25, 0.3) is 5.91 Å². The highest BCUT2D eigenvalue weighted by Crippen LogP contribution is 2.21. The fourth-order valence-electron chi connectivity index (χ4n) is 2.27. The van der Waals surface area contributed by atoms with E-state index in [-0.39, 0.29) is 5.56 Å². The molecule has 24 heavy (non-hydrogen) atoms. The summed E-state index contributed by atoms with van der Waals surface area (Å²) in [5.74, 6) is 0.0473. The zero-order chi connectivity index (χ0) is 17.1. The molecule has 0 aliphatic heterocycles. The first-order chi connectivity index (χ1) is 11.6. The molecule has 0 bridgehead atoms. The summed E-state index contributed by atoms with van der Waals surface area (Å²) < 4.78 is 10.6. The Kier molecular flexibility index (Phi) is 4.53. The van der Waals surface area contributed by atoms with Gasteiger partial charge >= 0.3 is 5.63 Å². The monoisotopic (exact) mass is 343 g/mol. The van der Waals surface area contributed by atoms with Crippen LogP contribution in [0.15, 0.2) is 57.7 Å². The summed E-state index contributed by atoms with van der Waals surface area (Å²) in [4.78, 5) is 24.4. The van der Waals surface area contributed by atoms with Gasteiger partial charge in [-0.2, -0.15) is 0 Å². The molecule has 0 unspecified atom stereocenters. The van der Waals surface area contributed by atoms with E-state index in [1.807, 2.05) is 6.92 Å². The molecule has 1 amide bonds. The van der Waals surface area contributed by atoms with Crippen LogP contribution in [0, 0.1) is 0 Å². The van der Waals surface area contributed by atoms with E-state index in [2.05, 4.69) is 5.32 Å². The van der Waals surface area contributed by atoms with Crippen LogP contribution in [0.1, 0.15) is 17.3 Å².